The molecule has 4 nitrogen and oxygen atoms in total. The molecule has 0 radical (unpaired) electrons. The lowest BCUT2D eigenvalue weighted by atomic mass is 9.99. The summed E-state index contributed by atoms with van der Waals surface area (Å²) in [7, 11) is 0. The summed E-state index contributed by atoms with van der Waals surface area (Å²) in [6.45, 7) is 11.7. The van der Waals surface area contributed by atoms with Crippen LogP contribution in [0.3, 0.4) is 0 Å². The number of hydrogen-bond acceptors (Lipinski definition) is 3. The van der Waals surface area contributed by atoms with Crippen LogP contribution in [0.5, 0.6) is 0 Å². The third-order valence-electron chi connectivity index (χ3n) is 4.12. The van der Waals surface area contributed by atoms with Crippen LogP contribution in [0.25, 0.3) is 5.65 Å². The van der Waals surface area contributed by atoms with Gasteiger partial charge >= 0.3 is 0 Å². The van der Waals surface area contributed by atoms with Gasteiger partial charge in [0.15, 0.2) is 5.65 Å². The van der Waals surface area contributed by atoms with Crippen LogP contribution in [0.4, 0.5) is 5.82 Å². The summed E-state index contributed by atoms with van der Waals surface area (Å²) in [5, 5.41) is 7.91. The second kappa shape index (κ2) is 11.0. The number of fused-ring (bicyclic) bond motifs is 1. The molecule has 4 heteroatoms. The molecule has 2 heterocycles. The summed E-state index contributed by atoms with van der Waals surface area (Å²) >= 11 is 0. The van der Waals surface area contributed by atoms with Crippen LogP contribution in [-0.2, 0) is 0 Å². The zero-order chi connectivity index (χ0) is 17.1. The van der Waals surface area contributed by atoms with Gasteiger partial charge in [-0.25, -0.2) is 4.98 Å². The van der Waals surface area contributed by atoms with Crippen LogP contribution < -0.4 is 5.32 Å². The van der Waals surface area contributed by atoms with E-state index in [2.05, 4.69) is 37.3 Å². The molecule has 0 saturated heterocycles. The van der Waals surface area contributed by atoms with E-state index in [1.54, 1.807) is 0 Å². The Morgan fingerprint density at radius 3 is 2.48 bits per heavy atom. The van der Waals surface area contributed by atoms with Crippen LogP contribution >= 0.6 is 0 Å². The van der Waals surface area contributed by atoms with Crippen molar-refractivity contribution in [1.82, 2.24) is 14.6 Å². The SMILES string of the molecule is CC.CCCCCCNc1cc(C(CC)CC)nc2ccnn12. The monoisotopic (exact) mass is 318 g/mol. The first-order chi connectivity index (χ1) is 11.3. The van der Waals surface area contributed by atoms with Crippen LogP contribution in [-0.4, -0.2) is 21.1 Å². The lowest BCUT2D eigenvalue weighted by Gasteiger charge is -2.15. The molecule has 0 bridgehead atoms. The van der Waals surface area contributed by atoms with Gasteiger partial charge in [-0.05, 0) is 19.3 Å². The van der Waals surface area contributed by atoms with E-state index in [0.717, 1.165) is 30.9 Å². The summed E-state index contributed by atoms with van der Waals surface area (Å²) in [6, 6.07) is 4.16. The number of hydrogen-bond donors (Lipinski definition) is 1. The second-order valence-electron chi connectivity index (χ2n) is 5.67. The molecule has 0 aromatic carbocycles. The molecule has 0 fully saturated rings. The van der Waals surface area contributed by atoms with E-state index < -0.39 is 0 Å². The van der Waals surface area contributed by atoms with Crippen molar-refractivity contribution in [1.29, 1.82) is 0 Å². The zero-order valence-corrected chi connectivity index (χ0v) is 15.6. The molecule has 130 valence electrons. The number of nitrogens with one attached hydrogen (secondary N) is 1. The van der Waals surface area contributed by atoms with Crippen molar-refractivity contribution >= 4 is 11.5 Å². The highest BCUT2D eigenvalue weighted by atomic mass is 15.3. The van der Waals surface area contributed by atoms with Crippen LogP contribution in [0, 0.1) is 0 Å². The van der Waals surface area contributed by atoms with Gasteiger partial charge in [0.1, 0.15) is 5.82 Å². The van der Waals surface area contributed by atoms with E-state index in [-0.39, 0.29) is 0 Å². The zero-order valence-electron chi connectivity index (χ0n) is 15.6. The van der Waals surface area contributed by atoms with Gasteiger partial charge in [0.25, 0.3) is 0 Å². The topological polar surface area (TPSA) is 42.2 Å². The van der Waals surface area contributed by atoms with E-state index in [9.17, 15) is 0 Å². The first kappa shape index (κ1) is 19.5. The Kier molecular flexibility index (Phi) is 9.34. The largest absolute Gasteiger partial charge is 0.370 e. The van der Waals surface area contributed by atoms with Crippen molar-refractivity contribution in [2.24, 2.45) is 0 Å². The Labute approximate surface area is 141 Å². The normalized spacial score (nSPS) is 10.7. The Hall–Kier alpha value is -1.58. The fraction of sp³-hybridized carbons (Fsp3) is 0.684. The molecule has 0 aliphatic carbocycles. The van der Waals surface area contributed by atoms with E-state index in [0.29, 0.717) is 5.92 Å². The molecule has 0 spiro atoms. The third kappa shape index (κ3) is 5.52. The Morgan fingerprint density at radius 1 is 1.09 bits per heavy atom. The Bertz CT molecular complexity index is 543. The van der Waals surface area contributed by atoms with Crippen molar-refractivity contribution in [2.45, 2.75) is 79.1 Å². The number of nitrogens with zero attached hydrogens (tertiary/aromatic N) is 3. The number of aromatic nitrogens is 3. The van der Waals surface area contributed by atoms with Gasteiger partial charge < -0.3 is 5.32 Å². The van der Waals surface area contributed by atoms with E-state index in [4.69, 9.17) is 4.98 Å². The summed E-state index contributed by atoms with van der Waals surface area (Å²) in [4.78, 5) is 4.76. The van der Waals surface area contributed by atoms with Crippen LogP contribution in [0.15, 0.2) is 18.3 Å². The fourth-order valence-corrected chi connectivity index (χ4v) is 2.74. The summed E-state index contributed by atoms with van der Waals surface area (Å²) in [5.41, 5.74) is 2.12. The van der Waals surface area contributed by atoms with Crippen molar-refractivity contribution < 1.29 is 0 Å². The Balaban J connectivity index is 0.00000127. The van der Waals surface area contributed by atoms with Gasteiger partial charge in [-0.2, -0.15) is 9.61 Å². The molecule has 1 N–H and O–H groups in total. The van der Waals surface area contributed by atoms with E-state index >= 15 is 0 Å². The van der Waals surface area contributed by atoms with Gasteiger partial charge in [-0.3, -0.25) is 0 Å². The van der Waals surface area contributed by atoms with E-state index in [1.165, 1.54) is 31.4 Å². The fourth-order valence-electron chi connectivity index (χ4n) is 2.74. The van der Waals surface area contributed by atoms with Gasteiger partial charge in [0.2, 0.25) is 0 Å². The smallest absolute Gasteiger partial charge is 0.157 e. The first-order valence-electron chi connectivity index (χ1n) is 9.38. The average Bonchev–Trinajstić information content (AvgIpc) is 3.06. The Morgan fingerprint density at radius 2 is 1.83 bits per heavy atom. The van der Waals surface area contributed by atoms with Crippen molar-refractivity contribution in [3.05, 3.63) is 24.0 Å². The minimum atomic E-state index is 0.533. The molecule has 0 saturated carbocycles. The van der Waals surface area contributed by atoms with Gasteiger partial charge in [-0.15, -0.1) is 0 Å². The highest BCUT2D eigenvalue weighted by Gasteiger charge is 2.12. The predicted molar refractivity (Wildman–Crippen MR) is 100 cm³/mol. The lowest BCUT2D eigenvalue weighted by molar-refractivity contribution is 0.622. The standard InChI is InChI=1S/C17H28N4.C2H6/c1-4-7-8-9-11-18-17-13-15(14(5-2)6-3)20-16-10-12-19-21(16)17;1-2/h10,12-14,18H,4-9,11H2,1-3H3;1-2H3. The first-order valence-corrected chi connectivity index (χ1v) is 9.38. The number of rotatable bonds is 9. The highest BCUT2D eigenvalue weighted by Crippen LogP contribution is 2.24. The number of anilines is 1. The molecule has 2 aromatic heterocycles. The summed E-state index contributed by atoms with van der Waals surface area (Å²) < 4.78 is 1.91. The quantitative estimate of drug-likeness (QED) is 0.607. The van der Waals surface area contributed by atoms with Crippen molar-refractivity contribution in [3.8, 4) is 0 Å². The second-order valence-corrected chi connectivity index (χ2v) is 5.67. The third-order valence-corrected chi connectivity index (χ3v) is 4.12. The molecule has 0 unspecified atom stereocenters. The maximum Gasteiger partial charge on any atom is 0.157 e. The van der Waals surface area contributed by atoms with Gasteiger partial charge in [0.05, 0.1) is 6.20 Å². The summed E-state index contributed by atoms with van der Waals surface area (Å²) in [5.74, 6) is 1.61. The minimum Gasteiger partial charge on any atom is -0.370 e. The molecule has 0 amide bonds. The van der Waals surface area contributed by atoms with Crippen molar-refractivity contribution in [3.63, 3.8) is 0 Å². The molecular weight excluding hydrogens is 284 g/mol. The maximum absolute atomic E-state index is 4.76. The van der Waals surface area contributed by atoms with Crippen LogP contribution in [0.2, 0.25) is 0 Å². The lowest BCUT2D eigenvalue weighted by Crippen LogP contribution is -2.10. The molecule has 0 aliphatic heterocycles. The van der Waals surface area contributed by atoms with E-state index in [1.807, 2.05) is 30.6 Å². The predicted octanol–water partition coefficient (Wildman–Crippen LogP) is 5.65. The molecule has 0 atom stereocenters. The molecule has 2 aromatic rings. The molecule has 2 rings (SSSR count). The summed E-state index contributed by atoms with van der Waals surface area (Å²) in [6.07, 6.45) is 9.16. The molecule has 0 aliphatic rings. The van der Waals surface area contributed by atoms with Crippen molar-refractivity contribution in [2.75, 3.05) is 11.9 Å². The average molecular weight is 319 g/mol. The maximum atomic E-state index is 4.76. The van der Waals surface area contributed by atoms with Gasteiger partial charge in [-0.1, -0.05) is 53.9 Å². The highest BCUT2D eigenvalue weighted by molar-refractivity contribution is 5.49. The molecule has 23 heavy (non-hydrogen) atoms. The molecular formula is C19H34N4. The number of unbranched alkanes of at least 4 members (excludes halogenated alkanes) is 3. The van der Waals surface area contributed by atoms with Gasteiger partial charge in [0, 0.05) is 30.3 Å². The van der Waals surface area contributed by atoms with Crippen LogP contribution in [0.1, 0.15) is 84.8 Å². The minimum absolute atomic E-state index is 0.533.